The Morgan fingerprint density at radius 1 is 1.17 bits per heavy atom. The molecular weight excluding hydrogens is 404 g/mol. The molecule has 0 aliphatic carbocycles. The lowest BCUT2D eigenvalue weighted by molar-refractivity contribution is -0.141. The quantitative estimate of drug-likeness (QED) is 0.705. The molecule has 0 radical (unpaired) electrons. The molecule has 30 heavy (non-hydrogen) atoms. The van der Waals surface area contributed by atoms with E-state index < -0.39 is 5.41 Å². The van der Waals surface area contributed by atoms with Crippen molar-refractivity contribution in [1.82, 2.24) is 9.80 Å². The number of carbonyl (C=O) groups is 3. The first-order valence-corrected chi connectivity index (χ1v) is 10.2. The third kappa shape index (κ3) is 3.35. The molecule has 0 bridgehead atoms. The van der Waals surface area contributed by atoms with Gasteiger partial charge in [-0.15, -0.1) is 0 Å². The number of carbonyl (C=O) groups excluding carboxylic acids is 3. The standard InChI is InChI=1S/C23H23ClN2O4/c1-25-20(27)12-23(22(25)29,16-6-8-17(30-2)9-7-16)13-21(28)26-11-10-18-15(14-26)4-3-5-19(18)24/h3-9H,10-14H2,1-2H3/t23-/m1/s1. The van der Waals surface area contributed by atoms with Gasteiger partial charge in [-0.05, 0) is 41.3 Å². The minimum atomic E-state index is -1.19. The molecule has 6 nitrogen and oxygen atoms in total. The molecule has 0 spiro atoms. The minimum absolute atomic E-state index is 0.0172. The predicted molar refractivity (Wildman–Crippen MR) is 112 cm³/mol. The van der Waals surface area contributed by atoms with Crippen LogP contribution in [0.1, 0.15) is 29.5 Å². The highest BCUT2D eigenvalue weighted by molar-refractivity contribution is 6.31. The molecule has 0 aromatic heterocycles. The Labute approximate surface area is 180 Å². The summed E-state index contributed by atoms with van der Waals surface area (Å²) in [5.41, 5.74) is 1.55. The average Bonchev–Trinajstić information content (AvgIpc) is 2.98. The van der Waals surface area contributed by atoms with E-state index in [1.54, 1.807) is 36.3 Å². The van der Waals surface area contributed by atoms with Crippen LogP contribution in [0.5, 0.6) is 5.75 Å². The van der Waals surface area contributed by atoms with Gasteiger partial charge in [0.15, 0.2) is 0 Å². The number of rotatable bonds is 4. The molecule has 2 aromatic carbocycles. The van der Waals surface area contributed by atoms with E-state index in [2.05, 4.69) is 0 Å². The fourth-order valence-corrected chi connectivity index (χ4v) is 4.70. The van der Waals surface area contributed by atoms with Crippen LogP contribution in [0.4, 0.5) is 0 Å². The predicted octanol–water partition coefficient (Wildman–Crippen LogP) is 2.95. The van der Waals surface area contributed by atoms with E-state index in [1.807, 2.05) is 18.2 Å². The zero-order valence-corrected chi connectivity index (χ0v) is 17.7. The summed E-state index contributed by atoms with van der Waals surface area (Å²) in [5, 5.41) is 0.715. The molecule has 2 aromatic rings. The van der Waals surface area contributed by atoms with Gasteiger partial charge in [-0.1, -0.05) is 35.9 Å². The Balaban J connectivity index is 1.63. The number of ether oxygens (including phenoxy) is 1. The lowest BCUT2D eigenvalue weighted by Crippen LogP contribution is -2.44. The van der Waals surface area contributed by atoms with E-state index in [4.69, 9.17) is 16.3 Å². The maximum absolute atomic E-state index is 13.3. The summed E-state index contributed by atoms with van der Waals surface area (Å²) in [5.74, 6) is -0.117. The normalized spacial score (nSPS) is 21.0. The largest absolute Gasteiger partial charge is 0.497 e. The second-order valence-corrected chi connectivity index (χ2v) is 8.27. The van der Waals surface area contributed by atoms with Crippen LogP contribution in [-0.2, 0) is 32.8 Å². The molecule has 2 aliphatic heterocycles. The number of imide groups is 1. The third-order valence-electron chi connectivity index (χ3n) is 6.20. The highest BCUT2D eigenvalue weighted by Gasteiger charge is 2.53. The van der Waals surface area contributed by atoms with Crippen LogP contribution >= 0.6 is 11.6 Å². The number of likely N-dealkylation sites (N-methyl/N-ethyl adjacent to an activating group) is 1. The summed E-state index contributed by atoms with van der Waals surface area (Å²) in [4.78, 5) is 41.7. The van der Waals surface area contributed by atoms with Crippen LogP contribution in [0.2, 0.25) is 5.02 Å². The first kappa shape index (κ1) is 20.4. The molecule has 0 N–H and O–H groups in total. The maximum atomic E-state index is 13.3. The van der Waals surface area contributed by atoms with Gasteiger partial charge >= 0.3 is 0 Å². The molecule has 156 valence electrons. The first-order valence-electron chi connectivity index (χ1n) is 9.85. The van der Waals surface area contributed by atoms with E-state index >= 15 is 0 Å². The van der Waals surface area contributed by atoms with Gasteiger partial charge in [0.25, 0.3) is 0 Å². The molecule has 2 aliphatic rings. The maximum Gasteiger partial charge on any atom is 0.240 e. The fraction of sp³-hybridized carbons (Fsp3) is 0.348. The van der Waals surface area contributed by atoms with E-state index in [0.717, 1.165) is 16.0 Å². The topological polar surface area (TPSA) is 66.9 Å². The number of nitrogens with zero attached hydrogens (tertiary/aromatic N) is 2. The van der Waals surface area contributed by atoms with Crippen molar-refractivity contribution in [2.75, 3.05) is 20.7 Å². The van der Waals surface area contributed by atoms with Crippen LogP contribution in [0.15, 0.2) is 42.5 Å². The molecule has 7 heteroatoms. The SMILES string of the molecule is COc1ccc([C@]2(CC(=O)N3CCc4c(Cl)cccc4C3)CC(=O)N(C)C2=O)cc1. The molecule has 0 saturated carbocycles. The summed E-state index contributed by atoms with van der Waals surface area (Å²) in [6.07, 6.45) is 0.601. The van der Waals surface area contributed by atoms with Crippen molar-refractivity contribution >= 4 is 29.3 Å². The van der Waals surface area contributed by atoms with Gasteiger partial charge in [-0.2, -0.15) is 0 Å². The van der Waals surface area contributed by atoms with Crippen molar-refractivity contribution in [3.05, 3.63) is 64.2 Å². The zero-order chi connectivity index (χ0) is 21.5. The second-order valence-electron chi connectivity index (χ2n) is 7.86. The van der Waals surface area contributed by atoms with Gasteiger partial charge in [0, 0.05) is 38.0 Å². The molecule has 1 saturated heterocycles. The van der Waals surface area contributed by atoms with Gasteiger partial charge < -0.3 is 9.64 Å². The Hall–Kier alpha value is -2.86. The van der Waals surface area contributed by atoms with Crippen LogP contribution in [0.25, 0.3) is 0 Å². The second kappa shape index (κ2) is 7.76. The highest BCUT2D eigenvalue weighted by Crippen LogP contribution is 2.40. The first-order chi connectivity index (χ1) is 14.4. The lowest BCUT2D eigenvalue weighted by Gasteiger charge is -2.33. The number of methoxy groups -OCH3 is 1. The summed E-state index contributed by atoms with van der Waals surface area (Å²) < 4.78 is 5.20. The third-order valence-corrected chi connectivity index (χ3v) is 6.55. The number of amides is 3. The molecular formula is C23H23ClN2O4. The zero-order valence-electron chi connectivity index (χ0n) is 17.0. The van der Waals surface area contributed by atoms with Crippen LogP contribution in [-0.4, -0.2) is 48.2 Å². The number of hydrogen-bond donors (Lipinski definition) is 0. The Kier molecular flexibility index (Phi) is 5.28. The van der Waals surface area contributed by atoms with Gasteiger partial charge in [0.05, 0.1) is 12.5 Å². The molecule has 0 unspecified atom stereocenters. The number of hydrogen-bond acceptors (Lipinski definition) is 4. The van der Waals surface area contributed by atoms with Crippen molar-refractivity contribution in [3.8, 4) is 5.75 Å². The summed E-state index contributed by atoms with van der Waals surface area (Å²) in [6.45, 7) is 0.984. The molecule has 1 fully saturated rings. The monoisotopic (exact) mass is 426 g/mol. The molecule has 3 amide bonds. The van der Waals surface area contributed by atoms with Gasteiger partial charge in [0.1, 0.15) is 5.75 Å². The van der Waals surface area contributed by atoms with Crippen molar-refractivity contribution in [1.29, 1.82) is 0 Å². The van der Waals surface area contributed by atoms with Crippen molar-refractivity contribution < 1.29 is 19.1 Å². The number of halogens is 1. The number of fused-ring (bicyclic) bond motifs is 1. The van der Waals surface area contributed by atoms with E-state index in [0.29, 0.717) is 35.8 Å². The van der Waals surface area contributed by atoms with Crippen LogP contribution in [0.3, 0.4) is 0 Å². The van der Waals surface area contributed by atoms with Crippen molar-refractivity contribution in [2.45, 2.75) is 31.2 Å². The number of likely N-dealkylation sites (tertiary alicyclic amines) is 1. The average molecular weight is 427 g/mol. The van der Waals surface area contributed by atoms with E-state index in [9.17, 15) is 14.4 Å². The molecule has 1 atom stereocenters. The van der Waals surface area contributed by atoms with Crippen molar-refractivity contribution in [3.63, 3.8) is 0 Å². The molecule has 4 rings (SSSR count). The summed E-state index contributed by atoms with van der Waals surface area (Å²) in [7, 11) is 3.03. The number of benzene rings is 2. The van der Waals surface area contributed by atoms with Crippen molar-refractivity contribution in [2.24, 2.45) is 0 Å². The minimum Gasteiger partial charge on any atom is -0.497 e. The Bertz CT molecular complexity index is 1020. The highest BCUT2D eigenvalue weighted by atomic mass is 35.5. The van der Waals surface area contributed by atoms with E-state index in [-0.39, 0.29) is 30.6 Å². The summed E-state index contributed by atoms with van der Waals surface area (Å²) in [6, 6.07) is 12.7. The van der Waals surface area contributed by atoms with Gasteiger partial charge in [-0.3, -0.25) is 19.3 Å². The Morgan fingerprint density at radius 3 is 2.53 bits per heavy atom. The molecule has 2 heterocycles. The van der Waals surface area contributed by atoms with Gasteiger partial charge in [-0.25, -0.2) is 0 Å². The van der Waals surface area contributed by atoms with Gasteiger partial charge in [0.2, 0.25) is 17.7 Å². The Morgan fingerprint density at radius 2 is 1.90 bits per heavy atom. The smallest absolute Gasteiger partial charge is 0.240 e. The lowest BCUT2D eigenvalue weighted by atomic mass is 9.75. The van der Waals surface area contributed by atoms with E-state index in [1.165, 1.54) is 7.05 Å². The summed E-state index contributed by atoms with van der Waals surface area (Å²) >= 11 is 6.28. The van der Waals surface area contributed by atoms with Crippen LogP contribution in [0, 0.1) is 0 Å². The van der Waals surface area contributed by atoms with Crippen LogP contribution < -0.4 is 4.74 Å². The fourth-order valence-electron chi connectivity index (χ4n) is 4.41.